The van der Waals surface area contributed by atoms with E-state index in [0.717, 1.165) is 0 Å². The normalized spacial score (nSPS) is 27.7. The van der Waals surface area contributed by atoms with Gasteiger partial charge in [-0.1, -0.05) is 13.8 Å². The summed E-state index contributed by atoms with van der Waals surface area (Å²) in [5, 5.41) is 0. The number of carbonyl (C=O) groups excluding carboxylic acids is 2. The number of nitrogens with zero attached hydrogens (tertiary/aromatic N) is 2. The van der Waals surface area contributed by atoms with Gasteiger partial charge in [-0.15, -0.1) is 0 Å². The molecular weight excluding hydrogens is 376 g/mol. The third-order valence-electron chi connectivity index (χ3n) is 5.14. The first kappa shape index (κ1) is 20.7. The molecule has 8 nitrogen and oxygen atoms in total. The molecule has 0 aromatic heterocycles. The number of rotatable bonds is 4. The molecule has 0 spiro atoms. The van der Waals surface area contributed by atoms with Gasteiger partial charge in [0.1, 0.15) is 24.6 Å². The molecule has 2 heterocycles. The Labute approximate surface area is 177 Å². The summed E-state index contributed by atoms with van der Waals surface area (Å²) in [6, 6.07) is 0. The van der Waals surface area contributed by atoms with Crippen LogP contribution in [0.2, 0.25) is 0 Å². The predicted octanol–water partition coefficient (Wildman–Crippen LogP) is 3.98. The Morgan fingerprint density at radius 1 is 0.828 bits per heavy atom. The van der Waals surface area contributed by atoms with Gasteiger partial charge in [0.2, 0.25) is 0 Å². The smallest absolute Gasteiger partial charge is 0.412 e. The monoisotopic (exact) mass is 416 g/mol. The van der Waals surface area contributed by atoms with E-state index < -0.39 is 53.3 Å². The third kappa shape index (κ3) is 4.97. The highest BCUT2D eigenvalue weighted by atomic mass is 16.6. The van der Waals surface area contributed by atoms with Crippen LogP contribution in [0, 0.1) is 5.41 Å². The molecule has 0 aromatic carbocycles. The molecule has 0 aliphatic carbocycles. The van der Waals surface area contributed by atoms with Crippen LogP contribution < -0.4 is 0 Å². The molecule has 0 aromatic rings. The molecule has 2 rings (SSSR count). The first-order valence-corrected chi connectivity index (χ1v) is 9.90. The molecule has 0 saturated carbocycles. The Kier molecular flexibility index (Phi) is 5.22. The first-order valence-electron chi connectivity index (χ1n) is 11.1. The SMILES string of the molecule is [2H][C@H](OC(=O)N1C(C)(C)COC1(C)C)C(C)(C)[C@H]([2H])OC(=O)N1C(C)(C)COC1(C)C. The van der Waals surface area contributed by atoms with Gasteiger partial charge in [-0.05, 0) is 55.4 Å². The number of hydrogen-bond acceptors (Lipinski definition) is 6. The molecule has 0 unspecified atom stereocenters. The highest BCUT2D eigenvalue weighted by molar-refractivity contribution is 5.70. The van der Waals surface area contributed by atoms with Crippen molar-refractivity contribution in [1.29, 1.82) is 0 Å². The average Bonchev–Trinajstić information content (AvgIpc) is 2.93. The maximum absolute atomic E-state index is 12.9. The molecule has 2 amide bonds. The van der Waals surface area contributed by atoms with Crippen molar-refractivity contribution in [2.75, 3.05) is 26.4 Å². The molecule has 168 valence electrons. The molecule has 0 radical (unpaired) electrons. The van der Waals surface area contributed by atoms with Gasteiger partial charge in [0.25, 0.3) is 0 Å². The number of ether oxygens (including phenoxy) is 4. The van der Waals surface area contributed by atoms with E-state index in [-0.39, 0.29) is 0 Å². The Bertz CT molecular complexity index is 633. The number of amides is 2. The summed E-state index contributed by atoms with van der Waals surface area (Å²) >= 11 is 0. The van der Waals surface area contributed by atoms with Crippen LogP contribution in [0.15, 0.2) is 0 Å². The fourth-order valence-corrected chi connectivity index (χ4v) is 3.89. The van der Waals surface area contributed by atoms with Crippen LogP contribution in [0.1, 0.15) is 72.0 Å². The van der Waals surface area contributed by atoms with Gasteiger partial charge in [-0.3, -0.25) is 9.80 Å². The molecular formula is C21H38N2O6. The van der Waals surface area contributed by atoms with Gasteiger partial charge in [-0.2, -0.15) is 0 Å². The third-order valence-corrected chi connectivity index (χ3v) is 5.14. The lowest BCUT2D eigenvalue weighted by atomic mass is 9.96. The van der Waals surface area contributed by atoms with Crippen LogP contribution in [0.5, 0.6) is 0 Å². The zero-order chi connectivity index (χ0) is 24.2. The number of hydrogen-bond donors (Lipinski definition) is 0. The average molecular weight is 417 g/mol. The van der Waals surface area contributed by atoms with Crippen molar-refractivity contribution in [3.05, 3.63) is 0 Å². The lowest BCUT2D eigenvalue weighted by Crippen LogP contribution is -2.54. The van der Waals surface area contributed by atoms with Gasteiger partial charge in [0.15, 0.2) is 0 Å². The molecule has 0 N–H and O–H groups in total. The Morgan fingerprint density at radius 3 is 1.38 bits per heavy atom. The molecule has 29 heavy (non-hydrogen) atoms. The second-order valence-corrected chi connectivity index (χ2v) is 10.6. The van der Waals surface area contributed by atoms with E-state index in [2.05, 4.69) is 0 Å². The van der Waals surface area contributed by atoms with Crippen molar-refractivity contribution in [1.82, 2.24) is 9.80 Å². The zero-order valence-corrected chi connectivity index (χ0v) is 19.4. The van der Waals surface area contributed by atoms with E-state index in [1.165, 1.54) is 9.80 Å². The molecule has 2 fully saturated rings. The minimum atomic E-state index is -1.45. The van der Waals surface area contributed by atoms with Crippen LogP contribution in [-0.4, -0.2) is 70.9 Å². The van der Waals surface area contributed by atoms with Crippen LogP contribution in [-0.2, 0) is 18.9 Å². The van der Waals surface area contributed by atoms with Gasteiger partial charge in [0.05, 0.1) is 27.0 Å². The van der Waals surface area contributed by atoms with E-state index in [1.807, 2.05) is 27.7 Å². The summed E-state index contributed by atoms with van der Waals surface area (Å²) in [6.45, 7) is 15.3. The highest BCUT2D eigenvalue weighted by Gasteiger charge is 2.51. The number of carbonyl (C=O) groups is 2. The highest BCUT2D eigenvalue weighted by Crippen LogP contribution is 2.36. The lowest BCUT2D eigenvalue weighted by molar-refractivity contribution is -0.0651. The summed E-state index contributed by atoms with van der Waals surface area (Å²) in [5.74, 6) is 0. The molecule has 2 aliphatic heterocycles. The quantitative estimate of drug-likeness (QED) is 0.690. The van der Waals surface area contributed by atoms with Crippen molar-refractivity contribution in [2.45, 2.75) is 91.8 Å². The maximum atomic E-state index is 12.9. The fraction of sp³-hybridized carbons (Fsp3) is 0.905. The molecule has 2 atom stereocenters. The van der Waals surface area contributed by atoms with Crippen molar-refractivity contribution in [3.8, 4) is 0 Å². The van der Waals surface area contributed by atoms with Gasteiger partial charge in [0, 0.05) is 5.41 Å². The first-order chi connectivity index (χ1) is 13.8. The van der Waals surface area contributed by atoms with Gasteiger partial charge in [-0.25, -0.2) is 9.59 Å². The van der Waals surface area contributed by atoms with E-state index in [0.29, 0.717) is 13.2 Å². The van der Waals surface area contributed by atoms with Gasteiger partial charge < -0.3 is 18.9 Å². The second kappa shape index (κ2) is 7.30. The van der Waals surface area contributed by atoms with Crippen molar-refractivity contribution >= 4 is 12.2 Å². The maximum Gasteiger partial charge on any atom is 0.412 e. The summed E-state index contributed by atoms with van der Waals surface area (Å²) < 4.78 is 39.0. The topological polar surface area (TPSA) is 77.5 Å². The molecule has 2 saturated heterocycles. The fourth-order valence-electron chi connectivity index (χ4n) is 3.89. The molecule has 8 heteroatoms. The van der Waals surface area contributed by atoms with Crippen LogP contribution >= 0.6 is 0 Å². The van der Waals surface area contributed by atoms with Crippen LogP contribution in [0.3, 0.4) is 0 Å². The Morgan fingerprint density at radius 2 is 1.14 bits per heavy atom. The predicted molar refractivity (Wildman–Crippen MR) is 108 cm³/mol. The lowest BCUT2D eigenvalue weighted by Gasteiger charge is -2.38. The van der Waals surface area contributed by atoms with Crippen LogP contribution in [0.25, 0.3) is 0 Å². The zero-order valence-electron chi connectivity index (χ0n) is 21.4. The largest absolute Gasteiger partial charge is 0.449 e. The van der Waals surface area contributed by atoms with E-state index >= 15 is 0 Å². The summed E-state index contributed by atoms with van der Waals surface area (Å²) in [6.07, 6.45) is -1.43. The Hall–Kier alpha value is -1.54. The van der Waals surface area contributed by atoms with Gasteiger partial charge >= 0.3 is 12.2 Å². The standard InChI is InChI=1S/C21H38N2O6/c1-17(2,11-26-15(24)22-18(3,4)13-28-20(22,7)8)12-27-16(25)23-19(5,6)14-29-21(23,9)10/h11-14H2,1-10H3/i11D,12D/t11-,12-/m0/s1. The summed E-state index contributed by atoms with van der Waals surface area (Å²) in [5.41, 5.74) is -4.28. The summed E-state index contributed by atoms with van der Waals surface area (Å²) in [7, 11) is 0. The minimum Gasteiger partial charge on any atom is -0.449 e. The van der Waals surface area contributed by atoms with Crippen molar-refractivity contribution in [2.24, 2.45) is 5.41 Å². The molecule has 2 aliphatic rings. The van der Waals surface area contributed by atoms with Crippen molar-refractivity contribution < 1.29 is 31.3 Å². The molecule has 0 bridgehead atoms. The minimum absolute atomic E-state index is 0.337. The van der Waals surface area contributed by atoms with E-state index in [1.54, 1.807) is 41.5 Å². The van der Waals surface area contributed by atoms with Crippen molar-refractivity contribution in [3.63, 3.8) is 0 Å². The van der Waals surface area contributed by atoms with E-state index in [9.17, 15) is 9.59 Å². The summed E-state index contributed by atoms with van der Waals surface area (Å²) in [4.78, 5) is 28.6. The van der Waals surface area contributed by atoms with Crippen LogP contribution in [0.4, 0.5) is 9.59 Å². The second-order valence-electron chi connectivity index (χ2n) is 10.6. The van der Waals surface area contributed by atoms with E-state index in [4.69, 9.17) is 21.7 Å². The Balaban J connectivity index is 2.10.